The molecule has 2 bridgehead atoms. The smallest absolute Gasteiger partial charge is 0.335 e. The lowest BCUT2D eigenvalue weighted by atomic mass is 9.48. The van der Waals surface area contributed by atoms with Crippen LogP contribution in [0.2, 0.25) is 0 Å². The van der Waals surface area contributed by atoms with Crippen LogP contribution in [0.15, 0.2) is 11.6 Å². The van der Waals surface area contributed by atoms with Crippen LogP contribution in [0.1, 0.15) is 33.1 Å². The van der Waals surface area contributed by atoms with Gasteiger partial charge in [0.2, 0.25) is 0 Å². The van der Waals surface area contributed by atoms with Gasteiger partial charge in [-0.3, -0.25) is 0 Å². The molecule has 0 aliphatic heterocycles. The van der Waals surface area contributed by atoms with Crippen molar-refractivity contribution in [1.29, 1.82) is 0 Å². The molecule has 0 aromatic heterocycles. The van der Waals surface area contributed by atoms with E-state index in [1.165, 1.54) is 19.1 Å². The van der Waals surface area contributed by atoms with Gasteiger partial charge in [-0.1, -0.05) is 25.5 Å². The van der Waals surface area contributed by atoms with Crippen molar-refractivity contribution in [1.82, 2.24) is 0 Å². The minimum atomic E-state index is -0.996. The van der Waals surface area contributed by atoms with Gasteiger partial charge in [-0.2, -0.15) is 0 Å². The van der Waals surface area contributed by atoms with E-state index < -0.39 is 12.1 Å². The van der Waals surface area contributed by atoms with Crippen LogP contribution in [0.4, 0.5) is 0 Å². The molecule has 3 heteroatoms. The molecule has 3 nitrogen and oxygen atoms in total. The predicted molar refractivity (Wildman–Crippen MR) is 60.7 cm³/mol. The summed E-state index contributed by atoms with van der Waals surface area (Å²) < 4.78 is 4.54. The van der Waals surface area contributed by atoms with Crippen molar-refractivity contribution >= 4 is 5.97 Å². The number of carbonyl (C=O) groups excluding carboxylic acids is 1. The van der Waals surface area contributed by atoms with E-state index >= 15 is 0 Å². The zero-order valence-corrected chi connectivity index (χ0v) is 10.2. The standard InChI is InChI=1S/C13H20O3/c1-13(2)9-5-4-8(10(13)7-9)6-11(14)12(15)16-3/h4,9-11,14H,5-7H2,1-3H3/t9-,10-,11-/m0/s1. The lowest BCUT2D eigenvalue weighted by Gasteiger charge is -2.56. The Bertz CT molecular complexity index is 330. The first-order valence-electron chi connectivity index (χ1n) is 5.91. The molecule has 0 unspecified atom stereocenters. The van der Waals surface area contributed by atoms with Gasteiger partial charge in [-0.05, 0) is 30.1 Å². The minimum absolute atomic E-state index is 0.347. The molecule has 3 rings (SSSR count). The third-order valence-corrected chi connectivity index (χ3v) is 4.48. The van der Waals surface area contributed by atoms with E-state index in [0.29, 0.717) is 17.8 Å². The molecular weight excluding hydrogens is 204 g/mol. The van der Waals surface area contributed by atoms with Crippen molar-refractivity contribution < 1.29 is 14.6 Å². The van der Waals surface area contributed by atoms with Crippen molar-refractivity contribution in [3.63, 3.8) is 0 Å². The van der Waals surface area contributed by atoms with E-state index in [9.17, 15) is 9.90 Å². The van der Waals surface area contributed by atoms with Crippen molar-refractivity contribution in [2.45, 2.75) is 39.2 Å². The Balaban J connectivity index is 2.01. The molecule has 90 valence electrons. The molecule has 3 aliphatic rings. The SMILES string of the molecule is COC(=O)[C@@H](O)CC1=CC[C@H]2C[C@@H]1C2(C)C. The van der Waals surface area contributed by atoms with Gasteiger partial charge in [-0.25, -0.2) is 4.79 Å². The molecule has 0 amide bonds. The maximum absolute atomic E-state index is 11.2. The largest absolute Gasteiger partial charge is 0.467 e. The number of esters is 1. The molecule has 0 saturated heterocycles. The second kappa shape index (κ2) is 3.88. The molecule has 0 aromatic carbocycles. The molecule has 3 atom stereocenters. The Hall–Kier alpha value is -0.830. The second-order valence-electron chi connectivity index (χ2n) is 5.56. The average Bonchev–Trinajstić information content (AvgIpc) is 2.27. The molecule has 1 fully saturated rings. The number of ether oxygens (including phenoxy) is 1. The Labute approximate surface area is 96.5 Å². The highest BCUT2D eigenvalue weighted by molar-refractivity contribution is 5.74. The maximum Gasteiger partial charge on any atom is 0.335 e. The maximum atomic E-state index is 11.2. The van der Waals surface area contributed by atoms with Crippen LogP contribution in [-0.4, -0.2) is 24.3 Å². The number of fused-ring (bicyclic) bond motifs is 1. The zero-order valence-electron chi connectivity index (χ0n) is 10.2. The molecule has 1 N–H and O–H groups in total. The molecule has 0 spiro atoms. The highest BCUT2D eigenvalue weighted by Gasteiger charge is 2.51. The molecule has 0 heterocycles. The Morgan fingerprint density at radius 1 is 1.69 bits per heavy atom. The molecular formula is C13H20O3. The van der Waals surface area contributed by atoms with Crippen LogP contribution in [-0.2, 0) is 9.53 Å². The van der Waals surface area contributed by atoms with Gasteiger partial charge in [-0.15, -0.1) is 0 Å². The van der Waals surface area contributed by atoms with Gasteiger partial charge in [0.15, 0.2) is 6.10 Å². The van der Waals surface area contributed by atoms with Gasteiger partial charge in [0, 0.05) is 6.42 Å². The Kier molecular flexibility index (Phi) is 2.82. The normalized spacial score (nSPS) is 32.4. The fourth-order valence-electron chi connectivity index (χ4n) is 3.15. The Morgan fingerprint density at radius 2 is 2.38 bits per heavy atom. The lowest BCUT2D eigenvalue weighted by Crippen LogP contribution is -2.48. The summed E-state index contributed by atoms with van der Waals surface area (Å²) in [4.78, 5) is 11.2. The number of carbonyl (C=O) groups is 1. The van der Waals surface area contributed by atoms with Crippen molar-refractivity contribution in [2.24, 2.45) is 17.3 Å². The zero-order chi connectivity index (χ0) is 11.9. The summed E-state index contributed by atoms with van der Waals surface area (Å²) in [6, 6.07) is 0. The van der Waals surface area contributed by atoms with Gasteiger partial charge >= 0.3 is 5.97 Å². The monoisotopic (exact) mass is 224 g/mol. The van der Waals surface area contributed by atoms with Crippen molar-refractivity contribution in [3.05, 3.63) is 11.6 Å². The van der Waals surface area contributed by atoms with Crippen LogP contribution >= 0.6 is 0 Å². The number of methoxy groups -OCH3 is 1. The van der Waals surface area contributed by atoms with Crippen LogP contribution < -0.4 is 0 Å². The van der Waals surface area contributed by atoms with E-state index in [1.807, 2.05) is 0 Å². The quantitative estimate of drug-likeness (QED) is 0.588. The van der Waals surface area contributed by atoms with E-state index in [0.717, 1.165) is 12.3 Å². The van der Waals surface area contributed by atoms with Crippen LogP contribution in [0.3, 0.4) is 0 Å². The first kappa shape index (κ1) is 11.6. The average molecular weight is 224 g/mol. The van der Waals surface area contributed by atoms with E-state index in [1.54, 1.807) is 0 Å². The van der Waals surface area contributed by atoms with Crippen LogP contribution in [0.5, 0.6) is 0 Å². The minimum Gasteiger partial charge on any atom is -0.467 e. The van der Waals surface area contributed by atoms with Crippen LogP contribution in [0.25, 0.3) is 0 Å². The summed E-state index contributed by atoms with van der Waals surface area (Å²) in [5.74, 6) is 0.808. The third kappa shape index (κ3) is 1.67. The van der Waals surface area contributed by atoms with E-state index in [-0.39, 0.29) is 0 Å². The summed E-state index contributed by atoms with van der Waals surface area (Å²) in [6.45, 7) is 4.56. The molecule has 0 radical (unpaired) electrons. The first-order chi connectivity index (χ1) is 7.46. The number of rotatable bonds is 3. The summed E-state index contributed by atoms with van der Waals surface area (Å²) in [5.41, 5.74) is 1.59. The van der Waals surface area contributed by atoms with Crippen LogP contribution in [0, 0.1) is 17.3 Å². The first-order valence-corrected chi connectivity index (χ1v) is 5.91. The molecule has 0 aromatic rings. The number of allylic oxidation sites excluding steroid dienone is 1. The summed E-state index contributed by atoms with van der Waals surface area (Å²) >= 11 is 0. The Morgan fingerprint density at radius 3 is 2.88 bits per heavy atom. The summed E-state index contributed by atoms with van der Waals surface area (Å²) in [6.07, 6.45) is 3.95. The van der Waals surface area contributed by atoms with Crippen molar-refractivity contribution in [3.8, 4) is 0 Å². The van der Waals surface area contributed by atoms with Crippen molar-refractivity contribution in [2.75, 3.05) is 7.11 Å². The summed E-state index contributed by atoms with van der Waals surface area (Å²) in [5, 5.41) is 9.66. The molecule has 3 aliphatic carbocycles. The van der Waals surface area contributed by atoms with Gasteiger partial charge in [0.25, 0.3) is 0 Å². The fraction of sp³-hybridized carbons (Fsp3) is 0.769. The number of aliphatic hydroxyl groups is 1. The number of hydrogen-bond donors (Lipinski definition) is 1. The molecule has 16 heavy (non-hydrogen) atoms. The van der Waals surface area contributed by atoms with Gasteiger partial charge in [0.05, 0.1) is 7.11 Å². The highest BCUT2D eigenvalue weighted by atomic mass is 16.5. The third-order valence-electron chi connectivity index (χ3n) is 4.48. The summed E-state index contributed by atoms with van der Waals surface area (Å²) in [7, 11) is 1.31. The topological polar surface area (TPSA) is 46.5 Å². The second-order valence-corrected chi connectivity index (χ2v) is 5.56. The van der Waals surface area contributed by atoms with E-state index in [4.69, 9.17) is 0 Å². The number of aliphatic hydroxyl groups excluding tert-OH is 1. The lowest BCUT2D eigenvalue weighted by molar-refractivity contribution is -0.150. The van der Waals surface area contributed by atoms with Gasteiger partial charge in [0.1, 0.15) is 0 Å². The molecule has 1 saturated carbocycles. The highest BCUT2D eigenvalue weighted by Crippen LogP contribution is 2.59. The fourth-order valence-corrected chi connectivity index (χ4v) is 3.15. The number of hydrogen-bond acceptors (Lipinski definition) is 3. The van der Waals surface area contributed by atoms with Gasteiger partial charge < -0.3 is 9.84 Å². The predicted octanol–water partition coefficient (Wildman–Crippen LogP) is 1.90. The van der Waals surface area contributed by atoms with E-state index in [2.05, 4.69) is 24.7 Å².